The fourth-order valence-corrected chi connectivity index (χ4v) is 7.61. The molecule has 0 atom stereocenters. The second kappa shape index (κ2) is 11.3. The van der Waals surface area contributed by atoms with Crippen LogP contribution in [0.3, 0.4) is 0 Å². The van der Waals surface area contributed by atoms with E-state index in [0.29, 0.717) is 66.7 Å². The number of thiocarbonyl (C=S) groups is 1. The van der Waals surface area contributed by atoms with Crippen molar-refractivity contribution in [1.82, 2.24) is 0 Å². The van der Waals surface area contributed by atoms with E-state index in [9.17, 15) is 14.0 Å². The van der Waals surface area contributed by atoms with E-state index in [1.165, 1.54) is 6.07 Å². The van der Waals surface area contributed by atoms with Crippen LogP contribution < -0.4 is 4.90 Å². The van der Waals surface area contributed by atoms with Crippen LogP contribution in [0.25, 0.3) is 0 Å². The van der Waals surface area contributed by atoms with Gasteiger partial charge in [0.2, 0.25) is 0 Å². The van der Waals surface area contributed by atoms with Gasteiger partial charge in [-0.05, 0) is 65.0 Å². The highest BCUT2D eigenvalue weighted by Crippen LogP contribution is 2.38. The van der Waals surface area contributed by atoms with E-state index in [4.69, 9.17) is 37.1 Å². The van der Waals surface area contributed by atoms with Crippen LogP contribution in [-0.4, -0.2) is 45.3 Å². The molecule has 180 valence electrons. The molecule has 0 aromatic heterocycles. The van der Waals surface area contributed by atoms with Crippen molar-refractivity contribution in [2.24, 2.45) is 0 Å². The van der Waals surface area contributed by atoms with Crippen molar-refractivity contribution >= 4 is 55.0 Å². The third-order valence-electron chi connectivity index (χ3n) is 5.72. The topological polar surface area (TPSA) is 65.1 Å². The van der Waals surface area contributed by atoms with Gasteiger partial charge in [0.15, 0.2) is 0 Å². The predicted molar refractivity (Wildman–Crippen MR) is 131 cm³/mol. The maximum Gasteiger partial charge on any atom is 0.501 e. The summed E-state index contributed by atoms with van der Waals surface area (Å²) in [6, 6.07) is 2.94. The van der Waals surface area contributed by atoms with Crippen molar-refractivity contribution in [1.29, 1.82) is 0 Å². The van der Waals surface area contributed by atoms with Crippen LogP contribution in [0.1, 0.15) is 58.4 Å². The summed E-state index contributed by atoms with van der Waals surface area (Å²) in [5.41, 5.74) is 1.27. The van der Waals surface area contributed by atoms with Crippen LogP contribution in [0.4, 0.5) is 10.1 Å². The van der Waals surface area contributed by atoms with Crippen molar-refractivity contribution in [3.05, 3.63) is 39.7 Å². The molecule has 0 radical (unpaired) electrons. The molecule has 0 saturated heterocycles. The summed E-state index contributed by atoms with van der Waals surface area (Å²) in [4.78, 5) is 27.2. The van der Waals surface area contributed by atoms with Crippen molar-refractivity contribution in [3.63, 3.8) is 0 Å². The number of hydrogen-bond acceptors (Lipinski definition) is 6. The van der Waals surface area contributed by atoms with E-state index in [1.54, 1.807) is 0 Å². The summed E-state index contributed by atoms with van der Waals surface area (Å²) < 4.78 is 32.5. The summed E-state index contributed by atoms with van der Waals surface area (Å²) in [5.74, 6) is -1.65. The Balaban J connectivity index is 1.86. The van der Waals surface area contributed by atoms with Gasteiger partial charge in [-0.1, -0.05) is 23.8 Å². The Morgan fingerprint density at radius 2 is 1.55 bits per heavy atom. The highest BCUT2D eigenvalue weighted by molar-refractivity contribution is 7.80. The lowest BCUT2D eigenvalue weighted by atomic mass is 9.93. The van der Waals surface area contributed by atoms with E-state index in [2.05, 4.69) is 0 Å². The number of rotatable bonds is 11. The molecule has 1 aromatic rings. The smallest absolute Gasteiger partial charge is 0.374 e. The Labute approximate surface area is 205 Å². The van der Waals surface area contributed by atoms with Crippen molar-refractivity contribution in [2.75, 3.05) is 24.7 Å². The van der Waals surface area contributed by atoms with Gasteiger partial charge < -0.3 is 13.3 Å². The molecule has 1 aliphatic carbocycles. The Morgan fingerprint density at radius 1 is 1.03 bits per heavy atom. The molecule has 1 aliphatic heterocycles. The zero-order chi connectivity index (χ0) is 24.2. The van der Waals surface area contributed by atoms with Gasteiger partial charge in [0.25, 0.3) is 11.8 Å². The number of halogens is 2. The molecule has 0 saturated carbocycles. The largest absolute Gasteiger partial charge is 0.501 e. The molecule has 1 aromatic carbocycles. The van der Waals surface area contributed by atoms with Crippen molar-refractivity contribution < 1.29 is 27.3 Å². The first kappa shape index (κ1) is 26.1. The summed E-state index contributed by atoms with van der Waals surface area (Å²) >= 11 is 11.9. The Morgan fingerprint density at radius 3 is 2.03 bits per heavy atom. The van der Waals surface area contributed by atoms with E-state index in [0.717, 1.165) is 23.8 Å². The van der Waals surface area contributed by atoms with Gasteiger partial charge in [0.1, 0.15) is 5.82 Å². The molecule has 0 spiro atoms. The second-order valence-electron chi connectivity index (χ2n) is 7.80. The third-order valence-corrected chi connectivity index (χ3v) is 9.50. The summed E-state index contributed by atoms with van der Waals surface area (Å²) in [6.45, 7) is 6.95. The molecular weight excluding hydrogens is 485 g/mol. The first-order chi connectivity index (χ1) is 15.8. The number of benzene rings is 1. The SMILES string of the molecule is CCO[Si](CCC(=S)c1cc(N2C(=O)C3=C(CCCC3)C2=O)c(F)cc1Cl)(OCC)OCC. The summed E-state index contributed by atoms with van der Waals surface area (Å²) in [7, 11) is -2.93. The minimum Gasteiger partial charge on any atom is -0.374 e. The first-order valence-corrected chi connectivity index (χ1v) is 14.0. The monoisotopic (exact) mass is 513 g/mol. The molecule has 33 heavy (non-hydrogen) atoms. The zero-order valence-corrected chi connectivity index (χ0v) is 21.7. The number of imide groups is 1. The van der Waals surface area contributed by atoms with Crippen LogP contribution >= 0.6 is 23.8 Å². The molecule has 0 bridgehead atoms. The normalized spacial score (nSPS) is 16.6. The van der Waals surface area contributed by atoms with Gasteiger partial charge in [-0.15, -0.1) is 0 Å². The molecular formula is C23H29ClFNO5SSi. The number of nitrogens with zero attached hydrogens (tertiary/aromatic N) is 1. The van der Waals surface area contributed by atoms with E-state index in [-0.39, 0.29) is 10.7 Å². The Kier molecular flexibility index (Phi) is 8.93. The second-order valence-corrected chi connectivity index (χ2v) is 11.4. The van der Waals surface area contributed by atoms with Gasteiger partial charge >= 0.3 is 8.80 Å². The first-order valence-electron chi connectivity index (χ1n) is 11.3. The highest BCUT2D eigenvalue weighted by Gasteiger charge is 2.42. The molecule has 2 amide bonds. The van der Waals surface area contributed by atoms with Crippen LogP contribution in [0.15, 0.2) is 23.3 Å². The summed E-state index contributed by atoms with van der Waals surface area (Å²) in [6.07, 6.45) is 3.12. The lowest BCUT2D eigenvalue weighted by molar-refractivity contribution is -0.120. The summed E-state index contributed by atoms with van der Waals surface area (Å²) in [5, 5.41) is 0.120. The van der Waals surface area contributed by atoms with E-state index >= 15 is 0 Å². The van der Waals surface area contributed by atoms with Crippen molar-refractivity contribution in [2.45, 2.75) is 58.9 Å². The van der Waals surface area contributed by atoms with Crippen LogP contribution in [-0.2, 0) is 22.9 Å². The minimum absolute atomic E-state index is 0.120. The Hall–Kier alpha value is -1.49. The maximum atomic E-state index is 14.9. The average Bonchev–Trinajstić information content (AvgIpc) is 3.03. The third kappa shape index (κ3) is 5.44. The van der Waals surface area contributed by atoms with Gasteiger partial charge in [0.05, 0.1) is 10.7 Å². The van der Waals surface area contributed by atoms with Crippen molar-refractivity contribution in [3.8, 4) is 0 Å². The fourth-order valence-electron chi connectivity index (χ4n) is 4.28. The molecule has 0 N–H and O–H groups in total. The van der Waals surface area contributed by atoms with Gasteiger partial charge in [-0.3, -0.25) is 9.59 Å². The highest BCUT2D eigenvalue weighted by atomic mass is 35.5. The van der Waals surface area contributed by atoms with E-state index in [1.807, 2.05) is 20.8 Å². The fraction of sp³-hybridized carbons (Fsp3) is 0.522. The van der Waals surface area contributed by atoms with Gasteiger partial charge in [-0.25, -0.2) is 9.29 Å². The quantitative estimate of drug-likeness (QED) is 0.171. The lowest BCUT2D eigenvalue weighted by Gasteiger charge is -2.28. The lowest BCUT2D eigenvalue weighted by Crippen LogP contribution is -2.46. The van der Waals surface area contributed by atoms with E-state index < -0.39 is 26.4 Å². The van der Waals surface area contributed by atoms with Crippen LogP contribution in [0.5, 0.6) is 0 Å². The molecule has 0 fully saturated rings. The Bertz CT molecular complexity index is 941. The molecule has 6 nitrogen and oxygen atoms in total. The standard InChI is InChI=1S/C23H29ClFNO5SSi/c1-4-29-33(30-5-2,31-6-3)12-11-21(32)17-13-20(19(25)14-18(17)24)26-22(27)15-9-7-8-10-16(15)23(26)28/h13-14H,4-12H2,1-3H3. The van der Waals surface area contributed by atoms with Crippen LogP contribution in [0, 0.1) is 5.82 Å². The predicted octanol–water partition coefficient (Wildman–Crippen LogP) is 5.38. The van der Waals surface area contributed by atoms with Crippen LogP contribution in [0.2, 0.25) is 11.1 Å². The number of carbonyl (C=O) groups is 2. The minimum atomic E-state index is -2.93. The molecule has 10 heteroatoms. The molecule has 0 unspecified atom stereocenters. The number of hydrogen-bond donors (Lipinski definition) is 0. The molecule has 2 aliphatic rings. The molecule has 3 rings (SSSR count). The maximum absolute atomic E-state index is 14.9. The average molecular weight is 514 g/mol. The van der Waals surface area contributed by atoms with Gasteiger partial charge in [-0.2, -0.15) is 0 Å². The number of amides is 2. The number of carbonyl (C=O) groups excluding carboxylic acids is 2. The molecule has 1 heterocycles. The zero-order valence-electron chi connectivity index (χ0n) is 19.2. The van der Waals surface area contributed by atoms with Gasteiger partial charge in [0, 0.05) is 47.4 Å². The number of anilines is 1.